The smallest absolute Gasteiger partial charge is 0.238 e. The van der Waals surface area contributed by atoms with Gasteiger partial charge < -0.3 is 0 Å². The van der Waals surface area contributed by atoms with Gasteiger partial charge in [0.25, 0.3) is 0 Å². The number of imide groups is 1. The third-order valence-corrected chi connectivity index (χ3v) is 5.89. The van der Waals surface area contributed by atoms with Crippen LogP contribution < -0.4 is 4.90 Å². The molecular weight excluding hydrogens is 310 g/mol. The highest BCUT2D eigenvalue weighted by molar-refractivity contribution is 6.37. The van der Waals surface area contributed by atoms with Crippen LogP contribution >= 0.6 is 11.6 Å². The van der Waals surface area contributed by atoms with E-state index >= 15 is 0 Å². The van der Waals surface area contributed by atoms with Gasteiger partial charge in [0.1, 0.15) is 0 Å². The van der Waals surface area contributed by atoms with Gasteiger partial charge in [0.05, 0.1) is 17.5 Å². The third-order valence-electron chi connectivity index (χ3n) is 5.56. The number of allylic oxidation sites excluding steroid dienone is 2. The van der Waals surface area contributed by atoms with Gasteiger partial charge in [0.2, 0.25) is 11.8 Å². The fraction of sp³-hybridized carbons (Fsp3) is 0.263. The van der Waals surface area contributed by atoms with E-state index in [9.17, 15) is 9.59 Å². The molecule has 1 heterocycles. The second-order valence-electron chi connectivity index (χ2n) is 6.62. The Morgan fingerprint density at radius 1 is 0.870 bits per heavy atom. The average Bonchev–Trinajstić information content (AvgIpc) is 3.24. The third kappa shape index (κ3) is 1.61. The quantitative estimate of drug-likeness (QED) is 0.591. The van der Waals surface area contributed by atoms with Gasteiger partial charge in [0, 0.05) is 15.8 Å². The summed E-state index contributed by atoms with van der Waals surface area (Å²) in [6.07, 6.45) is 5.17. The van der Waals surface area contributed by atoms with Crippen LogP contribution in [0.1, 0.15) is 6.42 Å². The van der Waals surface area contributed by atoms with Crippen molar-refractivity contribution in [3.05, 3.63) is 53.6 Å². The van der Waals surface area contributed by atoms with Crippen LogP contribution in [0.2, 0.25) is 5.02 Å². The number of benzene rings is 2. The standard InChI is InChI=1S/C19H14ClNO2/c20-14-7-8-15(13-4-2-1-3-12(13)14)21-18(22)16-10-5-6-11(9-10)17(16)19(21)23/h1-8,10-11,16-17H,9H2. The first kappa shape index (κ1) is 13.3. The Morgan fingerprint density at radius 3 is 2.13 bits per heavy atom. The van der Waals surface area contributed by atoms with Crippen LogP contribution in [0, 0.1) is 23.7 Å². The van der Waals surface area contributed by atoms with E-state index < -0.39 is 0 Å². The first-order chi connectivity index (χ1) is 11.2. The van der Waals surface area contributed by atoms with Gasteiger partial charge in [0.15, 0.2) is 0 Å². The Bertz CT molecular complexity index is 873. The second kappa shape index (κ2) is 4.45. The molecule has 5 rings (SSSR count). The van der Waals surface area contributed by atoms with Crippen LogP contribution in [-0.4, -0.2) is 11.8 Å². The second-order valence-corrected chi connectivity index (χ2v) is 7.03. The lowest BCUT2D eigenvalue weighted by Crippen LogP contribution is -2.33. The highest BCUT2D eigenvalue weighted by Crippen LogP contribution is 2.53. The van der Waals surface area contributed by atoms with Gasteiger partial charge in [-0.1, -0.05) is 48.0 Å². The number of anilines is 1. The molecule has 0 spiro atoms. The van der Waals surface area contributed by atoms with Crippen molar-refractivity contribution in [2.45, 2.75) is 6.42 Å². The van der Waals surface area contributed by atoms with E-state index in [0.717, 1.165) is 17.2 Å². The van der Waals surface area contributed by atoms with Crippen LogP contribution in [-0.2, 0) is 9.59 Å². The predicted octanol–water partition coefficient (Wildman–Crippen LogP) is 3.80. The highest BCUT2D eigenvalue weighted by atomic mass is 35.5. The van der Waals surface area contributed by atoms with Gasteiger partial charge in [-0.2, -0.15) is 0 Å². The summed E-state index contributed by atoms with van der Waals surface area (Å²) in [6, 6.07) is 11.2. The molecule has 1 saturated carbocycles. The molecule has 4 heteroatoms. The molecule has 114 valence electrons. The van der Waals surface area contributed by atoms with Crippen molar-refractivity contribution < 1.29 is 9.59 Å². The van der Waals surface area contributed by atoms with E-state index in [0.29, 0.717) is 10.7 Å². The van der Waals surface area contributed by atoms with Crippen molar-refractivity contribution in [3.63, 3.8) is 0 Å². The predicted molar refractivity (Wildman–Crippen MR) is 89.2 cm³/mol. The largest absolute Gasteiger partial charge is 0.274 e. The lowest BCUT2D eigenvalue weighted by Gasteiger charge is -2.19. The zero-order valence-corrected chi connectivity index (χ0v) is 13.0. The number of carbonyl (C=O) groups excluding carboxylic acids is 2. The lowest BCUT2D eigenvalue weighted by molar-refractivity contribution is -0.123. The van der Waals surface area contributed by atoms with E-state index in [-0.39, 0.29) is 35.5 Å². The SMILES string of the molecule is O=C1C2C3C=CC(C3)C2C(=O)N1c1ccc(Cl)c2ccccc12. The molecule has 2 aromatic carbocycles. The molecule has 23 heavy (non-hydrogen) atoms. The number of hydrogen-bond acceptors (Lipinski definition) is 2. The van der Waals surface area contributed by atoms with Gasteiger partial charge in [-0.25, -0.2) is 4.90 Å². The van der Waals surface area contributed by atoms with Crippen LogP contribution in [0.4, 0.5) is 5.69 Å². The molecule has 0 radical (unpaired) electrons. The normalized spacial score (nSPS) is 31.4. The Labute approximate surface area is 138 Å². The molecule has 3 nitrogen and oxygen atoms in total. The van der Waals surface area contributed by atoms with E-state index in [4.69, 9.17) is 11.6 Å². The van der Waals surface area contributed by atoms with Crippen molar-refractivity contribution in [3.8, 4) is 0 Å². The van der Waals surface area contributed by atoms with Crippen molar-refractivity contribution in [1.82, 2.24) is 0 Å². The molecule has 2 fully saturated rings. The van der Waals surface area contributed by atoms with Gasteiger partial charge >= 0.3 is 0 Å². The summed E-state index contributed by atoms with van der Waals surface area (Å²) in [5.74, 6) is 0.00237. The summed E-state index contributed by atoms with van der Waals surface area (Å²) in [4.78, 5) is 27.3. The molecule has 2 aromatic rings. The average molecular weight is 324 g/mol. The molecule has 2 aliphatic carbocycles. The van der Waals surface area contributed by atoms with Crippen molar-refractivity contribution >= 4 is 39.9 Å². The molecule has 0 N–H and O–H groups in total. The van der Waals surface area contributed by atoms with E-state index in [1.807, 2.05) is 24.3 Å². The first-order valence-electron chi connectivity index (χ1n) is 7.90. The molecule has 0 aromatic heterocycles. The van der Waals surface area contributed by atoms with Crippen LogP contribution in [0.5, 0.6) is 0 Å². The number of amides is 2. The fourth-order valence-corrected chi connectivity index (χ4v) is 4.81. The molecule has 2 bridgehead atoms. The number of rotatable bonds is 1. The zero-order chi connectivity index (χ0) is 15.7. The minimum absolute atomic E-state index is 0.0516. The zero-order valence-electron chi connectivity index (χ0n) is 12.3. The van der Waals surface area contributed by atoms with Crippen molar-refractivity contribution in [2.75, 3.05) is 4.90 Å². The molecule has 4 atom stereocenters. The Kier molecular flexibility index (Phi) is 2.58. The lowest BCUT2D eigenvalue weighted by atomic mass is 9.85. The van der Waals surface area contributed by atoms with Gasteiger partial charge in [-0.3, -0.25) is 9.59 Å². The summed E-state index contributed by atoms with van der Waals surface area (Å²) in [5, 5.41) is 2.35. The molecule has 3 aliphatic rings. The molecular formula is C19H14ClNO2. The number of nitrogens with zero attached hydrogens (tertiary/aromatic N) is 1. The van der Waals surface area contributed by atoms with E-state index in [1.54, 1.807) is 12.1 Å². The van der Waals surface area contributed by atoms with E-state index in [2.05, 4.69) is 12.2 Å². The number of halogens is 1. The minimum Gasteiger partial charge on any atom is -0.274 e. The number of carbonyl (C=O) groups is 2. The molecule has 4 unspecified atom stereocenters. The minimum atomic E-state index is -0.174. The molecule has 2 amide bonds. The topological polar surface area (TPSA) is 37.4 Å². The fourth-order valence-electron chi connectivity index (χ4n) is 4.58. The maximum Gasteiger partial charge on any atom is 0.238 e. The highest BCUT2D eigenvalue weighted by Gasteiger charge is 2.59. The maximum absolute atomic E-state index is 13.0. The summed E-state index contributed by atoms with van der Waals surface area (Å²) < 4.78 is 0. The van der Waals surface area contributed by atoms with Crippen LogP contribution in [0.15, 0.2) is 48.6 Å². The van der Waals surface area contributed by atoms with Crippen molar-refractivity contribution in [2.24, 2.45) is 23.7 Å². The summed E-state index contributed by atoms with van der Waals surface area (Å²) in [5.41, 5.74) is 0.661. The monoisotopic (exact) mass is 323 g/mol. The maximum atomic E-state index is 13.0. The molecule has 1 saturated heterocycles. The Morgan fingerprint density at radius 2 is 1.48 bits per heavy atom. The Hall–Kier alpha value is -2.13. The summed E-state index contributed by atoms with van der Waals surface area (Å²) in [6.45, 7) is 0. The first-order valence-corrected chi connectivity index (χ1v) is 8.28. The van der Waals surface area contributed by atoms with Crippen LogP contribution in [0.25, 0.3) is 10.8 Å². The number of fused-ring (bicyclic) bond motifs is 6. The van der Waals surface area contributed by atoms with Crippen molar-refractivity contribution in [1.29, 1.82) is 0 Å². The van der Waals surface area contributed by atoms with Gasteiger partial charge in [-0.05, 0) is 30.4 Å². The van der Waals surface area contributed by atoms with Gasteiger partial charge in [-0.15, -0.1) is 0 Å². The summed E-state index contributed by atoms with van der Waals surface area (Å²) >= 11 is 6.26. The number of hydrogen-bond donors (Lipinski definition) is 0. The molecule has 1 aliphatic heterocycles. The van der Waals surface area contributed by atoms with Crippen LogP contribution in [0.3, 0.4) is 0 Å². The van der Waals surface area contributed by atoms with E-state index in [1.165, 1.54) is 4.90 Å². The Balaban J connectivity index is 1.68. The summed E-state index contributed by atoms with van der Waals surface area (Å²) in [7, 11) is 0.